The number of anilines is 1. The predicted octanol–water partition coefficient (Wildman–Crippen LogP) is 2.62. The molecule has 0 atom stereocenters. The average molecular weight is 237 g/mol. The van der Waals surface area contributed by atoms with Crippen molar-refractivity contribution in [3.63, 3.8) is 0 Å². The molecule has 0 radical (unpaired) electrons. The fourth-order valence-corrected chi connectivity index (χ4v) is 2.26. The number of aryl methyl sites for hydroxylation is 1. The van der Waals surface area contributed by atoms with Crippen LogP contribution in [0.3, 0.4) is 0 Å². The molecule has 16 heavy (non-hydrogen) atoms. The van der Waals surface area contributed by atoms with Gasteiger partial charge >= 0.3 is 0 Å². The van der Waals surface area contributed by atoms with Gasteiger partial charge in [0.25, 0.3) is 0 Å². The molecule has 2 aromatic heterocycles. The average Bonchev–Trinajstić information content (AvgIpc) is 2.54. The van der Waals surface area contributed by atoms with Gasteiger partial charge in [-0.05, 0) is 18.9 Å². The van der Waals surface area contributed by atoms with Crippen LogP contribution >= 0.6 is 11.3 Å². The third-order valence-electron chi connectivity index (χ3n) is 2.05. The second-order valence-electron chi connectivity index (χ2n) is 4.17. The minimum atomic E-state index is 0.271. The van der Waals surface area contributed by atoms with Crippen molar-refractivity contribution in [1.82, 2.24) is 9.97 Å². The number of thiophene rings is 1. The molecular weight excluding hydrogens is 222 g/mol. The standard InChI is InChI=1S/C11H15N3OS/c1-6(2)5-15-9-8-4-7(3)16-10(8)14-11(12)13-9/h4,6H,5H2,1-3H3,(H2,12,13,14). The lowest BCUT2D eigenvalue weighted by Crippen LogP contribution is -2.07. The maximum Gasteiger partial charge on any atom is 0.227 e. The molecule has 0 saturated heterocycles. The SMILES string of the molecule is Cc1cc2c(OCC(C)C)nc(N)nc2s1. The van der Waals surface area contributed by atoms with E-state index in [1.54, 1.807) is 11.3 Å². The Hall–Kier alpha value is -1.36. The van der Waals surface area contributed by atoms with E-state index in [2.05, 4.69) is 23.8 Å². The van der Waals surface area contributed by atoms with Crippen molar-refractivity contribution in [2.75, 3.05) is 12.3 Å². The highest BCUT2D eigenvalue weighted by molar-refractivity contribution is 7.18. The van der Waals surface area contributed by atoms with Gasteiger partial charge in [0.15, 0.2) is 0 Å². The smallest absolute Gasteiger partial charge is 0.227 e. The molecule has 0 aromatic carbocycles. The van der Waals surface area contributed by atoms with Crippen LogP contribution < -0.4 is 10.5 Å². The molecule has 0 amide bonds. The number of nitrogen functional groups attached to an aromatic ring is 1. The fourth-order valence-electron chi connectivity index (χ4n) is 1.39. The van der Waals surface area contributed by atoms with Gasteiger partial charge in [0.05, 0.1) is 12.0 Å². The Balaban J connectivity index is 2.41. The van der Waals surface area contributed by atoms with E-state index in [4.69, 9.17) is 10.5 Å². The Labute approximate surface area is 98.5 Å². The van der Waals surface area contributed by atoms with E-state index in [0.29, 0.717) is 18.4 Å². The van der Waals surface area contributed by atoms with Crippen LogP contribution in [0.5, 0.6) is 5.88 Å². The van der Waals surface area contributed by atoms with Crippen LogP contribution in [0.15, 0.2) is 6.07 Å². The Bertz CT molecular complexity index is 507. The number of hydrogen-bond acceptors (Lipinski definition) is 5. The Morgan fingerprint density at radius 1 is 1.44 bits per heavy atom. The van der Waals surface area contributed by atoms with Gasteiger partial charge in [-0.1, -0.05) is 13.8 Å². The first-order valence-electron chi connectivity index (χ1n) is 5.22. The molecule has 2 rings (SSSR count). The lowest BCUT2D eigenvalue weighted by molar-refractivity contribution is 0.265. The van der Waals surface area contributed by atoms with Crippen LogP contribution in [-0.4, -0.2) is 16.6 Å². The molecule has 2 N–H and O–H groups in total. The van der Waals surface area contributed by atoms with Gasteiger partial charge in [-0.25, -0.2) is 4.98 Å². The molecule has 0 fully saturated rings. The molecule has 4 nitrogen and oxygen atoms in total. The zero-order valence-electron chi connectivity index (χ0n) is 9.65. The van der Waals surface area contributed by atoms with Crippen LogP contribution in [0.1, 0.15) is 18.7 Å². The third-order valence-corrected chi connectivity index (χ3v) is 3.00. The molecule has 2 aromatic rings. The Morgan fingerprint density at radius 2 is 2.19 bits per heavy atom. The summed E-state index contributed by atoms with van der Waals surface area (Å²) in [6.07, 6.45) is 0. The predicted molar refractivity (Wildman–Crippen MR) is 66.9 cm³/mol. The Morgan fingerprint density at radius 3 is 2.88 bits per heavy atom. The van der Waals surface area contributed by atoms with Crippen LogP contribution in [-0.2, 0) is 0 Å². The van der Waals surface area contributed by atoms with E-state index in [9.17, 15) is 0 Å². The maximum absolute atomic E-state index is 5.65. The van der Waals surface area contributed by atoms with Crippen molar-refractivity contribution < 1.29 is 4.74 Å². The van der Waals surface area contributed by atoms with E-state index < -0.39 is 0 Å². The van der Waals surface area contributed by atoms with Gasteiger partial charge in [-0.15, -0.1) is 11.3 Å². The number of nitrogens with zero attached hydrogens (tertiary/aromatic N) is 2. The molecule has 0 bridgehead atoms. The van der Waals surface area contributed by atoms with Crippen molar-refractivity contribution in [1.29, 1.82) is 0 Å². The normalized spacial score (nSPS) is 11.2. The number of nitrogens with two attached hydrogens (primary N) is 1. The first-order valence-corrected chi connectivity index (χ1v) is 6.04. The van der Waals surface area contributed by atoms with Crippen LogP contribution in [0.4, 0.5) is 5.95 Å². The summed E-state index contributed by atoms with van der Waals surface area (Å²) in [6.45, 7) is 6.87. The van der Waals surface area contributed by atoms with Crippen molar-refractivity contribution in [2.45, 2.75) is 20.8 Å². The topological polar surface area (TPSA) is 61.0 Å². The van der Waals surface area contributed by atoms with E-state index in [1.807, 2.05) is 13.0 Å². The van der Waals surface area contributed by atoms with E-state index >= 15 is 0 Å². The van der Waals surface area contributed by atoms with Crippen LogP contribution in [0.2, 0.25) is 0 Å². The highest BCUT2D eigenvalue weighted by Gasteiger charge is 2.10. The van der Waals surface area contributed by atoms with E-state index in [0.717, 1.165) is 10.2 Å². The minimum Gasteiger partial charge on any atom is -0.477 e. The van der Waals surface area contributed by atoms with Gasteiger partial charge < -0.3 is 10.5 Å². The summed E-state index contributed by atoms with van der Waals surface area (Å²) in [5, 5.41) is 0.956. The quantitative estimate of drug-likeness (QED) is 0.891. The zero-order valence-corrected chi connectivity index (χ0v) is 10.5. The molecule has 0 aliphatic rings. The van der Waals surface area contributed by atoms with Crippen molar-refractivity contribution in [3.8, 4) is 5.88 Å². The monoisotopic (exact) mass is 237 g/mol. The van der Waals surface area contributed by atoms with Gasteiger partial charge in [0.2, 0.25) is 11.8 Å². The molecular formula is C11H15N3OS. The van der Waals surface area contributed by atoms with Crippen LogP contribution in [0, 0.1) is 12.8 Å². The first-order chi connectivity index (χ1) is 7.56. The molecule has 0 spiro atoms. The summed E-state index contributed by atoms with van der Waals surface area (Å²) in [6, 6.07) is 2.04. The van der Waals surface area contributed by atoms with E-state index in [-0.39, 0.29) is 5.95 Å². The molecule has 5 heteroatoms. The minimum absolute atomic E-state index is 0.271. The number of fused-ring (bicyclic) bond motifs is 1. The molecule has 86 valence electrons. The number of hydrogen-bond donors (Lipinski definition) is 1. The van der Waals surface area contributed by atoms with Crippen molar-refractivity contribution >= 4 is 27.5 Å². The molecule has 0 unspecified atom stereocenters. The third kappa shape index (κ3) is 2.24. The number of rotatable bonds is 3. The summed E-state index contributed by atoms with van der Waals surface area (Å²) in [5.41, 5.74) is 5.64. The van der Waals surface area contributed by atoms with Gasteiger partial charge in [-0.3, -0.25) is 0 Å². The second-order valence-corrected chi connectivity index (χ2v) is 5.40. The molecule has 0 aliphatic carbocycles. The van der Waals surface area contributed by atoms with Gasteiger partial charge in [0.1, 0.15) is 4.83 Å². The molecule has 2 heterocycles. The summed E-state index contributed by atoms with van der Waals surface area (Å²) < 4.78 is 5.65. The van der Waals surface area contributed by atoms with E-state index in [1.165, 1.54) is 4.88 Å². The maximum atomic E-state index is 5.65. The van der Waals surface area contributed by atoms with Crippen molar-refractivity contribution in [2.24, 2.45) is 5.92 Å². The lowest BCUT2D eigenvalue weighted by Gasteiger charge is -2.08. The highest BCUT2D eigenvalue weighted by Crippen LogP contribution is 2.30. The largest absolute Gasteiger partial charge is 0.477 e. The second kappa shape index (κ2) is 4.25. The van der Waals surface area contributed by atoms with Gasteiger partial charge in [0, 0.05) is 4.88 Å². The lowest BCUT2D eigenvalue weighted by atomic mass is 10.2. The Kier molecular flexibility index (Phi) is 2.96. The fraction of sp³-hybridized carbons (Fsp3) is 0.455. The zero-order chi connectivity index (χ0) is 11.7. The first kappa shape index (κ1) is 11.1. The summed E-state index contributed by atoms with van der Waals surface area (Å²) in [5.74, 6) is 1.33. The van der Waals surface area contributed by atoms with Crippen LogP contribution in [0.25, 0.3) is 10.2 Å². The summed E-state index contributed by atoms with van der Waals surface area (Å²) >= 11 is 1.60. The number of ether oxygens (including phenoxy) is 1. The molecule has 0 saturated carbocycles. The molecule has 0 aliphatic heterocycles. The summed E-state index contributed by atoms with van der Waals surface area (Å²) in [4.78, 5) is 10.4. The highest BCUT2D eigenvalue weighted by atomic mass is 32.1. The number of aromatic nitrogens is 2. The van der Waals surface area contributed by atoms with Gasteiger partial charge in [-0.2, -0.15) is 4.98 Å². The summed E-state index contributed by atoms with van der Waals surface area (Å²) in [7, 11) is 0. The van der Waals surface area contributed by atoms with Crippen molar-refractivity contribution in [3.05, 3.63) is 10.9 Å².